The van der Waals surface area contributed by atoms with Crippen LogP contribution in [0.2, 0.25) is 0 Å². The van der Waals surface area contributed by atoms with Gasteiger partial charge in [-0.15, -0.1) is 11.3 Å². The average molecular weight is 340 g/mol. The van der Waals surface area contributed by atoms with Gasteiger partial charge in [0.25, 0.3) is 5.91 Å². The first-order valence-electron chi connectivity index (χ1n) is 8.51. The van der Waals surface area contributed by atoms with Gasteiger partial charge in [0.2, 0.25) is 0 Å². The van der Waals surface area contributed by atoms with Crippen molar-refractivity contribution in [3.8, 4) is 10.6 Å². The van der Waals surface area contributed by atoms with E-state index in [1.807, 2.05) is 23.6 Å². The zero-order valence-corrected chi connectivity index (χ0v) is 14.3. The molecule has 3 aromatic heterocycles. The van der Waals surface area contributed by atoms with Crippen molar-refractivity contribution >= 4 is 22.9 Å². The van der Waals surface area contributed by atoms with Crippen molar-refractivity contribution < 1.29 is 4.79 Å². The summed E-state index contributed by atoms with van der Waals surface area (Å²) in [5.41, 5.74) is 2.10. The minimum atomic E-state index is -0.0930. The third kappa shape index (κ3) is 3.06. The second kappa shape index (κ2) is 6.73. The molecule has 0 aromatic carbocycles. The van der Waals surface area contributed by atoms with E-state index in [9.17, 15) is 4.79 Å². The zero-order chi connectivity index (χ0) is 16.4. The summed E-state index contributed by atoms with van der Waals surface area (Å²) in [6.07, 6.45) is 8.83. The van der Waals surface area contributed by atoms with Crippen molar-refractivity contribution in [2.24, 2.45) is 0 Å². The molecule has 3 aromatic rings. The van der Waals surface area contributed by atoms with Crippen LogP contribution >= 0.6 is 11.3 Å². The van der Waals surface area contributed by atoms with Gasteiger partial charge in [0, 0.05) is 18.3 Å². The van der Waals surface area contributed by atoms with Crippen molar-refractivity contribution in [1.29, 1.82) is 0 Å². The van der Waals surface area contributed by atoms with Gasteiger partial charge < -0.3 is 5.32 Å². The smallest absolute Gasteiger partial charge is 0.272 e. The lowest BCUT2D eigenvalue weighted by atomic mass is 10.1. The molecule has 0 unspecified atom stereocenters. The summed E-state index contributed by atoms with van der Waals surface area (Å²) in [6, 6.07) is 8.03. The molecule has 3 heterocycles. The number of carbonyl (C=O) groups excluding carboxylic acids is 1. The van der Waals surface area contributed by atoms with Gasteiger partial charge in [0.1, 0.15) is 0 Å². The predicted molar refractivity (Wildman–Crippen MR) is 95.3 cm³/mol. The summed E-state index contributed by atoms with van der Waals surface area (Å²) in [5.74, 6) is -0.0930. The number of rotatable bonds is 3. The van der Waals surface area contributed by atoms with Crippen molar-refractivity contribution in [3.63, 3.8) is 0 Å². The van der Waals surface area contributed by atoms with Crippen molar-refractivity contribution in [3.05, 3.63) is 41.5 Å². The van der Waals surface area contributed by atoms with Gasteiger partial charge in [-0.1, -0.05) is 31.7 Å². The predicted octanol–water partition coefficient (Wildman–Crippen LogP) is 3.91. The van der Waals surface area contributed by atoms with Crippen LogP contribution in [0.1, 0.15) is 49.0 Å². The molecule has 1 amide bonds. The lowest BCUT2D eigenvalue weighted by molar-refractivity contribution is 0.0928. The fourth-order valence-electron chi connectivity index (χ4n) is 3.30. The highest BCUT2D eigenvalue weighted by molar-refractivity contribution is 7.13. The maximum absolute atomic E-state index is 12.6. The Kier molecular flexibility index (Phi) is 4.30. The lowest BCUT2D eigenvalue weighted by Crippen LogP contribution is -2.34. The second-order valence-corrected chi connectivity index (χ2v) is 7.22. The maximum Gasteiger partial charge on any atom is 0.272 e. The molecule has 4 rings (SSSR count). The van der Waals surface area contributed by atoms with Gasteiger partial charge in [-0.2, -0.15) is 5.10 Å². The van der Waals surface area contributed by atoms with E-state index >= 15 is 0 Å². The van der Waals surface area contributed by atoms with Crippen molar-refractivity contribution in [2.45, 2.75) is 44.6 Å². The maximum atomic E-state index is 12.6. The first-order valence-corrected chi connectivity index (χ1v) is 9.39. The molecule has 0 aliphatic heterocycles. The highest BCUT2D eigenvalue weighted by Gasteiger charge is 2.19. The molecular weight excluding hydrogens is 320 g/mol. The standard InChI is InChI=1S/C18H20N4OS/c23-18(20-13-6-3-1-2-4-7-13)14-12-17-19-10-9-15(22(17)21-14)16-8-5-11-24-16/h5,8-13H,1-4,6-7H2,(H,20,23). The van der Waals surface area contributed by atoms with E-state index in [0.29, 0.717) is 11.3 Å². The minimum Gasteiger partial charge on any atom is -0.348 e. The molecule has 0 bridgehead atoms. The first kappa shape index (κ1) is 15.3. The quantitative estimate of drug-likeness (QED) is 0.735. The number of fused-ring (bicyclic) bond motifs is 1. The number of amides is 1. The molecule has 0 saturated heterocycles. The van der Waals surface area contributed by atoms with E-state index in [1.165, 1.54) is 25.7 Å². The molecule has 1 fully saturated rings. The first-order chi connectivity index (χ1) is 11.8. The number of nitrogens with zero attached hydrogens (tertiary/aromatic N) is 3. The molecule has 0 atom stereocenters. The number of carbonyl (C=O) groups is 1. The van der Waals surface area contributed by atoms with Crippen molar-refractivity contribution in [1.82, 2.24) is 19.9 Å². The summed E-state index contributed by atoms with van der Waals surface area (Å²) in [6.45, 7) is 0. The number of hydrogen-bond donors (Lipinski definition) is 1. The molecule has 0 radical (unpaired) electrons. The molecule has 124 valence electrons. The van der Waals surface area contributed by atoms with Crippen LogP contribution in [0.25, 0.3) is 16.2 Å². The summed E-state index contributed by atoms with van der Waals surface area (Å²) in [7, 11) is 0. The molecule has 1 aliphatic rings. The van der Waals surface area contributed by atoms with Gasteiger partial charge in [0.05, 0.1) is 10.6 Å². The van der Waals surface area contributed by atoms with Crippen LogP contribution in [0, 0.1) is 0 Å². The van der Waals surface area contributed by atoms with E-state index in [0.717, 1.165) is 23.4 Å². The summed E-state index contributed by atoms with van der Waals surface area (Å²) in [4.78, 5) is 18.0. The Morgan fingerprint density at radius 1 is 1.21 bits per heavy atom. The number of thiophene rings is 1. The SMILES string of the molecule is O=C(NC1CCCCCC1)c1cc2nccc(-c3cccs3)n2n1. The largest absolute Gasteiger partial charge is 0.348 e. The van der Waals surface area contributed by atoms with Gasteiger partial charge in [-0.05, 0) is 30.4 Å². The molecule has 1 saturated carbocycles. The van der Waals surface area contributed by atoms with E-state index in [4.69, 9.17) is 0 Å². The van der Waals surface area contributed by atoms with Crippen LogP contribution < -0.4 is 5.32 Å². The molecule has 1 N–H and O–H groups in total. The average Bonchev–Trinajstić information content (AvgIpc) is 3.20. The van der Waals surface area contributed by atoms with Crippen LogP contribution in [-0.4, -0.2) is 26.5 Å². The van der Waals surface area contributed by atoms with E-state index < -0.39 is 0 Å². The Labute approximate surface area is 144 Å². The molecule has 24 heavy (non-hydrogen) atoms. The summed E-state index contributed by atoms with van der Waals surface area (Å²) >= 11 is 1.65. The molecular formula is C18H20N4OS. The number of nitrogens with one attached hydrogen (secondary N) is 1. The third-order valence-corrected chi connectivity index (χ3v) is 5.45. The van der Waals surface area contributed by atoms with Crippen LogP contribution in [0.15, 0.2) is 35.8 Å². The van der Waals surface area contributed by atoms with Crippen LogP contribution in [0.5, 0.6) is 0 Å². The molecule has 1 aliphatic carbocycles. The fraction of sp³-hybridized carbons (Fsp3) is 0.389. The highest BCUT2D eigenvalue weighted by Crippen LogP contribution is 2.25. The molecule has 0 spiro atoms. The zero-order valence-electron chi connectivity index (χ0n) is 13.4. The van der Waals surface area contributed by atoms with Crippen molar-refractivity contribution in [2.75, 3.05) is 0 Å². The summed E-state index contributed by atoms with van der Waals surface area (Å²) < 4.78 is 1.76. The molecule has 5 nitrogen and oxygen atoms in total. The number of aromatic nitrogens is 3. The van der Waals surface area contributed by atoms with Crippen LogP contribution in [0.3, 0.4) is 0 Å². The van der Waals surface area contributed by atoms with E-state index in [2.05, 4.69) is 15.4 Å². The summed E-state index contributed by atoms with van der Waals surface area (Å²) in [5, 5.41) is 9.69. The van der Waals surface area contributed by atoms with E-state index in [-0.39, 0.29) is 11.9 Å². The van der Waals surface area contributed by atoms with Gasteiger partial charge in [-0.25, -0.2) is 9.50 Å². The van der Waals surface area contributed by atoms with Gasteiger partial charge in [0.15, 0.2) is 11.3 Å². The van der Waals surface area contributed by atoms with Gasteiger partial charge >= 0.3 is 0 Å². The highest BCUT2D eigenvalue weighted by atomic mass is 32.1. The minimum absolute atomic E-state index is 0.0930. The lowest BCUT2D eigenvalue weighted by Gasteiger charge is -2.14. The monoisotopic (exact) mass is 340 g/mol. The Balaban J connectivity index is 1.60. The third-order valence-electron chi connectivity index (χ3n) is 4.55. The molecule has 6 heteroatoms. The van der Waals surface area contributed by atoms with Gasteiger partial charge in [-0.3, -0.25) is 4.79 Å². The van der Waals surface area contributed by atoms with Crippen LogP contribution in [-0.2, 0) is 0 Å². The second-order valence-electron chi connectivity index (χ2n) is 6.27. The Bertz CT molecular complexity index is 832. The Hall–Kier alpha value is -2.21. The number of hydrogen-bond acceptors (Lipinski definition) is 4. The van der Waals surface area contributed by atoms with Crippen LogP contribution in [0.4, 0.5) is 0 Å². The topological polar surface area (TPSA) is 59.3 Å². The van der Waals surface area contributed by atoms with E-state index in [1.54, 1.807) is 28.1 Å². The Morgan fingerprint density at radius 3 is 2.79 bits per heavy atom. The normalized spacial score (nSPS) is 16.2. The fourth-order valence-corrected chi connectivity index (χ4v) is 4.04. The Morgan fingerprint density at radius 2 is 2.04 bits per heavy atom.